The largest absolute Gasteiger partial charge is 0.393 e. The fourth-order valence-corrected chi connectivity index (χ4v) is 5.08. The third kappa shape index (κ3) is 4.54. The first kappa shape index (κ1) is 19.5. The van der Waals surface area contributed by atoms with Crippen LogP contribution in [0.4, 0.5) is 10.1 Å². The number of halogens is 1. The summed E-state index contributed by atoms with van der Waals surface area (Å²) in [5.41, 5.74) is 1.03. The number of nitrogens with one attached hydrogen (secondary N) is 1. The average Bonchev–Trinajstić information content (AvgIpc) is 3.02. The highest BCUT2D eigenvalue weighted by molar-refractivity contribution is 7.91. The maximum Gasteiger partial charge on any atom is 0.255 e. The molecule has 1 fully saturated rings. The van der Waals surface area contributed by atoms with Gasteiger partial charge in [0.2, 0.25) is 0 Å². The molecule has 0 spiro atoms. The number of anilines is 1. The maximum absolute atomic E-state index is 13.3. The van der Waals surface area contributed by atoms with E-state index >= 15 is 0 Å². The third-order valence-corrected chi connectivity index (χ3v) is 6.76. The Bertz CT molecular complexity index is 958. The Morgan fingerprint density at radius 3 is 2.67 bits per heavy atom. The monoisotopic (exact) mass is 391 g/mol. The summed E-state index contributed by atoms with van der Waals surface area (Å²) in [6.45, 7) is 1.59. The van der Waals surface area contributed by atoms with Crippen LogP contribution in [0.25, 0.3) is 0 Å². The summed E-state index contributed by atoms with van der Waals surface area (Å²) in [6.07, 6.45) is 1.54. The molecular weight excluding hydrogens is 369 g/mol. The Balaban J connectivity index is 1.77. The Kier molecular flexibility index (Phi) is 5.62. The molecule has 2 aromatic carbocycles. The second-order valence-corrected chi connectivity index (χ2v) is 9.02. The molecule has 0 unspecified atom stereocenters. The number of benzene rings is 2. The van der Waals surface area contributed by atoms with Gasteiger partial charge in [-0.05, 0) is 67.6 Å². The van der Waals surface area contributed by atoms with Gasteiger partial charge in [0, 0.05) is 11.3 Å². The lowest BCUT2D eigenvalue weighted by molar-refractivity contribution is 0.102. The van der Waals surface area contributed by atoms with Gasteiger partial charge in [0.05, 0.1) is 16.8 Å². The highest BCUT2D eigenvalue weighted by Crippen LogP contribution is 2.29. The van der Waals surface area contributed by atoms with Gasteiger partial charge < -0.3 is 10.4 Å². The standard InChI is InChI=1S/C20H22FNO4S/c1-13-10-16(8-9-18(13)21)22-20(24)14-4-2-6-17(11-14)27(25,26)12-15-5-3-7-19(15)23/h2,4,6,8-11,15,19,23H,3,5,7,12H2,1H3,(H,22,24)/t15-,19+/m1/s1. The average molecular weight is 391 g/mol. The number of sulfone groups is 1. The van der Waals surface area contributed by atoms with Gasteiger partial charge in [-0.15, -0.1) is 0 Å². The molecule has 1 amide bonds. The fourth-order valence-electron chi connectivity index (χ4n) is 3.35. The van der Waals surface area contributed by atoms with Crippen molar-refractivity contribution < 1.29 is 22.7 Å². The minimum atomic E-state index is -3.61. The lowest BCUT2D eigenvalue weighted by Crippen LogP contribution is -2.23. The minimum Gasteiger partial charge on any atom is -0.393 e. The van der Waals surface area contributed by atoms with E-state index in [9.17, 15) is 22.7 Å². The predicted molar refractivity (Wildman–Crippen MR) is 101 cm³/mol. The van der Waals surface area contributed by atoms with Crippen molar-refractivity contribution in [1.29, 1.82) is 0 Å². The van der Waals surface area contributed by atoms with Crippen molar-refractivity contribution in [1.82, 2.24) is 0 Å². The van der Waals surface area contributed by atoms with Crippen LogP contribution in [0.1, 0.15) is 35.2 Å². The van der Waals surface area contributed by atoms with Gasteiger partial charge >= 0.3 is 0 Å². The van der Waals surface area contributed by atoms with Gasteiger partial charge in [-0.2, -0.15) is 0 Å². The van der Waals surface area contributed by atoms with Crippen LogP contribution in [-0.4, -0.2) is 31.3 Å². The minimum absolute atomic E-state index is 0.0598. The summed E-state index contributed by atoms with van der Waals surface area (Å²) in [5, 5.41) is 12.5. The lowest BCUT2D eigenvalue weighted by Gasteiger charge is -2.15. The number of carbonyl (C=O) groups excluding carboxylic acids is 1. The Labute approximate surface area is 158 Å². The van der Waals surface area contributed by atoms with Gasteiger partial charge in [-0.25, -0.2) is 12.8 Å². The third-order valence-electron chi connectivity index (χ3n) is 4.92. The maximum atomic E-state index is 13.3. The Morgan fingerprint density at radius 2 is 2.00 bits per heavy atom. The van der Waals surface area contributed by atoms with Gasteiger partial charge in [0.1, 0.15) is 5.82 Å². The zero-order chi connectivity index (χ0) is 19.6. The van der Waals surface area contributed by atoms with E-state index in [2.05, 4.69) is 5.32 Å². The number of hydrogen-bond acceptors (Lipinski definition) is 4. The summed E-state index contributed by atoms with van der Waals surface area (Å²) in [7, 11) is -3.61. The van der Waals surface area contributed by atoms with Crippen LogP contribution in [0, 0.1) is 18.7 Å². The van der Waals surface area contributed by atoms with Crippen molar-refractivity contribution >= 4 is 21.4 Å². The molecule has 2 atom stereocenters. The lowest BCUT2D eigenvalue weighted by atomic mass is 10.1. The highest BCUT2D eigenvalue weighted by Gasteiger charge is 2.30. The Hall–Kier alpha value is -2.25. The quantitative estimate of drug-likeness (QED) is 0.819. The number of hydrogen-bond donors (Lipinski definition) is 2. The number of aryl methyl sites for hydroxylation is 1. The molecule has 1 aliphatic rings. The van der Waals surface area contributed by atoms with Crippen LogP contribution in [0.5, 0.6) is 0 Å². The number of amides is 1. The first-order valence-corrected chi connectivity index (χ1v) is 10.5. The molecule has 1 aliphatic carbocycles. The van der Waals surface area contributed by atoms with Crippen LogP contribution in [0.2, 0.25) is 0 Å². The molecule has 0 bridgehead atoms. The van der Waals surface area contributed by atoms with E-state index in [-0.39, 0.29) is 27.9 Å². The number of rotatable bonds is 5. The summed E-state index contributed by atoms with van der Waals surface area (Å²) < 4.78 is 38.7. The number of aliphatic hydroxyl groups is 1. The topological polar surface area (TPSA) is 83.5 Å². The van der Waals surface area contributed by atoms with Crippen molar-refractivity contribution in [3.8, 4) is 0 Å². The second kappa shape index (κ2) is 7.78. The van der Waals surface area contributed by atoms with Gasteiger partial charge in [0.15, 0.2) is 9.84 Å². The van der Waals surface area contributed by atoms with Crippen molar-refractivity contribution in [3.63, 3.8) is 0 Å². The van der Waals surface area contributed by atoms with E-state index in [1.807, 2.05) is 0 Å². The van der Waals surface area contributed by atoms with Gasteiger partial charge in [-0.1, -0.05) is 12.5 Å². The van der Waals surface area contributed by atoms with Crippen molar-refractivity contribution in [2.45, 2.75) is 37.2 Å². The van der Waals surface area contributed by atoms with Gasteiger partial charge in [-0.3, -0.25) is 4.79 Å². The smallest absolute Gasteiger partial charge is 0.255 e. The molecule has 0 aromatic heterocycles. The molecule has 5 nitrogen and oxygen atoms in total. The molecule has 0 heterocycles. The molecule has 27 heavy (non-hydrogen) atoms. The first-order chi connectivity index (χ1) is 12.8. The van der Waals surface area contributed by atoms with E-state index in [1.54, 1.807) is 6.92 Å². The van der Waals surface area contributed by atoms with Crippen LogP contribution >= 0.6 is 0 Å². The summed E-state index contributed by atoms with van der Waals surface area (Å²) in [4.78, 5) is 12.5. The Morgan fingerprint density at radius 1 is 1.22 bits per heavy atom. The highest BCUT2D eigenvalue weighted by atomic mass is 32.2. The molecule has 7 heteroatoms. The molecule has 3 rings (SSSR count). The molecule has 0 aliphatic heterocycles. The fraction of sp³-hybridized carbons (Fsp3) is 0.350. The summed E-state index contributed by atoms with van der Waals surface area (Å²) >= 11 is 0. The zero-order valence-electron chi connectivity index (χ0n) is 15.0. The second-order valence-electron chi connectivity index (χ2n) is 6.99. The van der Waals surface area contributed by atoms with Crippen molar-refractivity contribution in [2.24, 2.45) is 5.92 Å². The van der Waals surface area contributed by atoms with E-state index in [0.717, 1.165) is 6.42 Å². The van der Waals surface area contributed by atoms with E-state index in [0.29, 0.717) is 24.1 Å². The van der Waals surface area contributed by atoms with Crippen molar-refractivity contribution in [3.05, 3.63) is 59.4 Å². The molecule has 0 saturated heterocycles. The molecule has 2 aromatic rings. The molecular formula is C20H22FNO4S. The zero-order valence-corrected chi connectivity index (χ0v) is 15.8. The number of aliphatic hydroxyl groups excluding tert-OH is 1. The molecule has 1 saturated carbocycles. The van der Waals surface area contributed by atoms with Crippen LogP contribution in [0.15, 0.2) is 47.4 Å². The molecule has 0 radical (unpaired) electrons. The summed E-state index contributed by atoms with van der Waals surface area (Å²) in [6, 6.07) is 10.0. The van der Waals surface area contributed by atoms with Crippen LogP contribution in [-0.2, 0) is 9.84 Å². The summed E-state index contributed by atoms with van der Waals surface area (Å²) in [5.74, 6) is -1.24. The molecule has 144 valence electrons. The molecule has 2 N–H and O–H groups in total. The van der Waals surface area contributed by atoms with E-state index in [1.165, 1.54) is 42.5 Å². The van der Waals surface area contributed by atoms with E-state index < -0.39 is 21.8 Å². The number of carbonyl (C=O) groups is 1. The normalized spacial score (nSPS) is 19.8. The van der Waals surface area contributed by atoms with Crippen molar-refractivity contribution in [2.75, 3.05) is 11.1 Å². The van der Waals surface area contributed by atoms with Gasteiger partial charge in [0.25, 0.3) is 5.91 Å². The van der Waals surface area contributed by atoms with Crippen LogP contribution in [0.3, 0.4) is 0 Å². The van der Waals surface area contributed by atoms with E-state index in [4.69, 9.17) is 0 Å². The van der Waals surface area contributed by atoms with Crippen LogP contribution < -0.4 is 5.32 Å². The first-order valence-electron chi connectivity index (χ1n) is 8.84. The predicted octanol–water partition coefficient (Wildman–Crippen LogP) is 3.32. The SMILES string of the molecule is Cc1cc(NC(=O)c2cccc(S(=O)(=O)C[C@H]3CCC[C@@H]3O)c2)ccc1F.